The summed E-state index contributed by atoms with van der Waals surface area (Å²) in [6.07, 6.45) is 1.04. The third-order valence-electron chi connectivity index (χ3n) is 2.71. The lowest BCUT2D eigenvalue weighted by Gasteiger charge is -2.13. The van der Waals surface area contributed by atoms with Crippen molar-refractivity contribution in [3.63, 3.8) is 0 Å². The van der Waals surface area contributed by atoms with Gasteiger partial charge in [0.2, 0.25) is 5.91 Å². The van der Waals surface area contributed by atoms with Crippen molar-refractivity contribution >= 4 is 28.5 Å². The number of hydrogen-bond donors (Lipinski definition) is 1. The van der Waals surface area contributed by atoms with Gasteiger partial charge in [0, 0.05) is 3.92 Å². The second kappa shape index (κ2) is 4.51. The van der Waals surface area contributed by atoms with Crippen molar-refractivity contribution in [1.82, 2.24) is 5.32 Å². The summed E-state index contributed by atoms with van der Waals surface area (Å²) >= 11 is 2.33. The Morgan fingerprint density at radius 2 is 2.07 bits per heavy atom. The lowest BCUT2D eigenvalue weighted by atomic mass is 10.1. The molecule has 1 aliphatic carbocycles. The minimum absolute atomic E-state index is 0.114. The van der Waals surface area contributed by atoms with E-state index in [1.807, 2.05) is 37.3 Å². The van der Waals surface area contributed by atoms with Gasteiger partial charge in [-0.2, -0.15) is 0 Å². The Labute approximate surface area is 104 Å². The van der Waals surface area contributed by atoms with Gasteiger partial charge >= 0.3 is 0 Å². The molecule has 0 heterocycles. The Balaban J connectivity index is 1.92. The molecular weight excluding hydrogens is 301 g/mol. The number of rotatable bonds is 3. The van der Waals surface area contributed by atoms with E-state index in [0.29, 0.717) is 3.92 Å². The van der Waals surface area contributed by atoms with Crippen molar-refractivity contribution in [2.75, 3.05) is 0 Å². The van der Waals surface area contributed by atoms with E-state index < -0.39 is 0 Å². The molecule has 0 aromatic heterocycles. The zero-order chi connectivity index (χ0) is 10.8. The minimum atomic E-state index is 0.114. The third-order valence-corrected chi connectivity index (χ3v) is 4.08. The van der Waals surface area contributed by atoms with Gasteiger partial charge < -0.3 is 5.32 Å². The van der Waals surface area contributed by atoms with Crippen LogP contribution in [0.4, 0.5) is 0 Å². The molecule has 0 radical (unpaired) electrons. The number of alkyl halides is 1. The Bertz CT molecular complexity index is 352. The van der Waals surface area contributed by atoms with Gasteiger partial charge in [-0.3, -0.25) is 4.79 Å². The average Bonchev–Trinajstić information content (AvgIpc) is 2.97. The van der Waals surface area contributed by atoms with E-state index in [-0.39, 0.29) is 17.9 Å². The number of amides is 1. The summed E-state index contributed by atoms with van der Waals surface area (Å²) in [5, 5.41) is 3.04. The molecule has 0 aliphatic heterocycles. The molecular formula is C12H14INO. The number of carbonyl (C=O) groups is 1. The standard InChI is InChI=1S/C12H14INO/c1-8(9-5-3-2-4-6-9)14-12(15)10-7-11(10)13/h2-6,8,10-11H,7H2,1H3,(H,14,15)/t8-,10-,11-/m1/s1. The van der Waals surface area contributed by atoms with Crippen LogP contribution in [-0.2, 0) is 4.79 Å². The van der Waals surface area contributed by atoms with E-state index in [9.17, 15) is 4.79 Å². The maximum absolute atomic E-state index is 11.7. The highest BCUT2D eigenvalue weighted by molar-refractivity contribution is 14.1. The van der Waals surface area contributed by atoms with E-state index in [4.69, 9.17) is 0 Å². The zero-order valence-electron chi connectivity index (χ0n) is 8.61. The second-order valence-corrected chi connectivity index (χ2v) is 5.60. The number of nitrogens with one attached hydrogen (secondary N) is 1. The molecule has 1 N–H and O–H groups in total. The summed E-state index contributed by atoms with van der Waals surface area (Å²) in [6, 6.07) is 10.2. The van der Waals surface area contributed by atoms with Crippen molar-refractivity contribution in [3.05, 3.63) is 35.9 Å². The molecule has 0 spiro atoms. The van der Waals surface area contributed by atoms with Crippen molar-refractivity contribution in [1.29, 1.82) is 0 Å². The summed E-state index contributed by atoms with van der Waals surface area (Å²) in [7, 11) is 0. The van der Waals surface area contributed by atoms with Gasteiger partial charge in [0.15, 0.2) is 0 Å². The van der Waals surface area contributed by atoms with Crippen LogP contribution in [-0.4, -0.2) is 9.83 Å². The maximum atomic E-state index is 11.7. The molecule has 0 bridgehead atoms. The van der Waals surface area contributed by atoms with Crippen LogP contribution in [0.5, 0.6) is 0 Å². The van der Waals surface area contributed by atoms with Crippen molar-refractivity contribution in [2.45, 2.75) is 23.3 Å². The SMILES string of the molecule is C[C@@H](NC(=O)[C@@H]1C[C@H]1I)c1ccccc1. The maximum Gasteiger partial charge on any atom is 0.224 e. The van der Waals surface area contributed by atoms with Gasteiger partial charge in [-0.05, 0) is 18.9 Å². The first kappa shape index (κ1) is 10.9. The van der Waals surface area contributed by atoms with Crippen LogP contribution in [0.2, 0.25) is 0 Å². The molecule has 2 nitrogen and oxygen atoms in total. The van der Waals surface area contributed by atoms with Gasteiger partial charge in [-0.25, -0.2) is 0 Å². The highest BCUT2D eigenvalue weighted by Gasteiger charge is 2.41. The molecule has 3 heteroatoms. The van der Waals surface area contributed by atoms with E-state index >= 15 is 0 Å². The minimum Gasteiger partial charge on any atom is -0.349 e. The molecule has 3 atom stereocenters. The van der Waals surface area contributed by atoms with Crippen LogP contribution in [0.3, 0.4) is 0 Å². The van der Waals surface area contributed by atoms with Crippen LogP contribution in [0.15, 0.2) is 30.3 Å². The van der Waals surface area contributed by atoms with Crippen molar-refractivity contribution in [3.8, 4) is 0 Å². The van der Waals surface area contributed by atoms with Crippen LogP contribution in [0, 0.1) is 5.92 Å². The van der Waals surface area contributed by atoms with Gasteiger partial charge in [0.1, 0.15) is 0 Å². The Hall–Kier alpha value is -0.580. The molecule has 0 saturated heterocycles. The molecule has 1 aliphatic rings. The monoisotopic (exact) mass is 315 g/mol. The quantitative estimate of drug-likeness (QED) is 0.674. The Morgan fingerprint density at radius 3 is 2.60 bits per heavy atom. The molecule has 0 unspecified atom stereocenters. The fourth-order valence-electron chi connectivity index (χ4n) is 1.58. The van der Waals surface area contributed by atoms with E-state index in [0.717, 1.165) is 12.0 Å². The molecule has 1 saturated carbocycles. The fraction of sp³-hybridized carbons (Fsp3) is 0.417. The summed E-state index contributed by atoms with van der Waals surface area (Å²) in [5.41, 5.74) is 1.16. The summed E-state index contributed by atoms with van der Waals surface area (Å²) in [5.74, 6) is 0.447. The normalized spacial score (nSPS) is 25.7. The number of halogens is 1. The van der Waals surface area contributed by atoms with Crippen LogP contribution >= 0.6 is 22.6 Å². The smallest absolute Gasteiger partial charge is 0.224 e. The van der Waals surface area contributed by atoms with E-state index in [1.54, 1.807) is 0 Å². The second-order valence-electron chi connectivity index (χ2n) is 4.00. The average molecular weight is 315 g/mol. The molecule has 1 aromatic rings. The molecule has 2 rings (SSSR count). The summed E-state index contributed by atoms with van der Waals surface area (Å²) in [4.78, 5) is 11.7. The van der Waals surface area contributed by atoms with Crippen LogP contribution in [0.25, 0.3) is 0 Å². The van der Waals surface area contributed by atoms with Crippen LogP contribution < -0.4 is 5.32 Å². The predicted octanol–water partition coefficient (Wildman–Crippen LogP) is 2.69. The first-order valence-electron chi connectivity index (χ1n) is 5.18. The van der Waals surface area contributed by atoms with E-state index in [1.165, 1.54) is 0 Å². The van der Waals surface area contributed by atoms with E-state index in [2.05, 4.69) is 27.9 Å². The van der Waals surface area contributed by atoms with Gasteiger partial charge in [-0.15, -0.1) is 0 Å². The summed E-state index contributed by atoms with van der Waals surface area (Å²) < 4.78 is 0.547. The van der Waals surface area contributed by atoms with Gasteiger partial charge in [0.25, 0.3) is 0 Å². The predicted molar refractivity (Wildman–Crippen MR) is 68.9 cm³/mol. The number of carbonyl (C=O) groups excluding carboxylic acids is 1. The molecule has 1 aromatic carbocycles. The zero-order valence-corrected chi connectivity index (χ0v) is 10.8. The highest BCUT2D eigenvalue weighted by atomic mass is 127. The molecule has 15 heavy (non-hydrogen) atoms. The summed E-state index contributed by atoms with van der Waals surface area (Å²) in [6.45, 7) is 2.03. The van der Waals surface area contributed by atoms with Crippen LogP contribution in [0.1, 0.15) is 24.9 Å². The molecule has 1 amide bonds. The fourth-order valence-corrected chi connectivity index (χ4v) is 2.46. The first-order valence-corrected chi connectivity index (χ1v) is 6.42. The lowest BCUT2D eigenvalue weighted by molar-refractivity contribution is -0.122. The Kier molecular flexibility index (Phi) is 3.29. The van der Waals surface area contributed by atoms with Gasteiger partial charge in [-0.1, -0.05) is 52.9 Å². The number of benzene rings is 1. The molecule has 80 valence electrons. The first-order chi connectivity index (χ1) is 7.18. The highest BCUT2D eigenvalue weighted by Crippen LogP contribution is 2.38. The number of hydrogen-bond acceptors (Lipinski definition) is 1. The molecule has 1 fully saturated rings. The van der Waals surface area contributed by atoms with Gasteiger partial charge in [0.05, 0.1) is 12.0 Å². The van der Waals surface area contributed by atoms with Crippen molar-refractivity contribution < 1.29 is 4.79 Å². The topological polar surface area (TPSA) is 29.1 Å². The lowest BCUT2D eigenvalue weighted by Crippen LogP contribution is -2.28. The van der Waals surface area contributed by atoms with Crippen molar-refractivity contribution in [2.24, 2.45) is 5.92 Å². The third kappa shape index (κ3) is 2.71. The Morgan fingerprint density at radius 1 is 1.47 bits per heavy atom. The largest absolute Gasteiger partial charge is 0.349 e.